The molecule has 0 aliphatic rings. The fourth-order valence-corrected chi connectivity index (χ4v) is 2.02. The van der Waals surface area contributed by atoms with E-state index in [0.717, 1.165) is 12.8 Å². The van der Waals surface area contributed by atoms with E-state index in [2.05, 4.69) is 6.92 Å². The molecule has 0 saturated heterocycles. The van der Waals surface area contributed by atoms with Crippen molar-refractivity contribution in [2.24, 2.45) is 0 Å². The molecule has 0 rings (SSSR count). The van der Waals surface area contributed by atoms with Crippen molar-refractivity contribution in [1.82, 2.24) is 0 Å². The summed E-state index contributed by atoms with van der Waals surface area (Å²) in [4.78, 5) is 0. The molecule has 0 fully saturated rings. The lowest BCUT2D eigenvalue weighted by atomic mass is 10.1. The molecule has 0 aliphatic heterocycles. The van der Waals surface area contributed by atoms with E-state index in [-0.39, 0.29) is 5.25 Å². The van der Waals surface area contributed by atoms with Gasteiger partial charge in [0.2, 0.25) is 0 Å². The molecule has 0 N–H and O–H groups in total. The Labute approximate surface area is 97.1 Å². The summed E-state index contributed by atoms with van der Waals surface area (Å²) in [5, 5.41) is -0.162. The van der Waals surface area contributed by atoms with Gasteiger partial charge in [0.25, 0.3) is 0 Å². The third-order valence-electron chi connectivity index (χ3n) is 2.79. The standard InChI is InChI=1S/C12H26O2S/c1-3-4-5-6-7-8-9-10-11-12(2)15(13)14/h12H,3-11H2,1-2H3,(H,13,14)/p-1. The van der Waals surface area contributed by atoms with Crippen molar-refractivity contribution in [3.8, 4) is 0 Å². The van der Waals surface area contributed by atoms with E-state index in [1.54, 1.807) is 6.92 Å². The topological polar surface area (TPSA) is 40.1 Å². The minimum Gasteiger partial charge on any atom is -0.772 e. The third-order valence-corrected chi connectivity index (χ3v) is 3.69. The van der Waals surface area contributed by atoms with E-state index in [1.165, 1.54) is 44.9 Å². The van der Waals surface area contributed by atoms with E-state index >= 15 is 0 Å². The lowest BCUT2D eigenvalue weighted by Gasteiger charge is -2.13. The normalized spacial score (nSPS) is 15.1. The highest BCUT2D eigenvalue weighted by Crippen LogP contribution is 2.11. The number of rotatable bonds is 10. The van der Waals surface area contributed by atoms with Crippen molar-refractivity contribution in [2.75, 3.05) is 0 Å². The van der Waals surface area contributed by atoms with E-state index in [4.69, 9.17) is 0 Å². The van der Waals surface area contributed by atoms with Crippen molar-refractivity contribution in [3.63, 3.8) is 0 Å². The van der Waals surface area contributed by atoms with Crippen LogP contribution >= 0.6 is 0 Å². The van der Waals surface area contributed by atoms with Crippen molar-refractivity contribution in [3.05, 3.63) is 0 Å². The van der Waals surface area contributed by atoms with Crippen LogP contribution in [0.15, 0.2) is 0 Å². The Balaban J connectivity index is 3.08. The molecule has 0 amide bonds. The fraction of sp³-hybridized carbons (Fsp3) is 1.00. The SMILES string of the molecule is CCCCCCCCCCC(C)S(=O)[O-]. The van der Waals surface area contributed by atoms with Gasteiger partial charge in [0, 0.05) is 5.25 Å². The molecule has 2 unspecified atom stereocenters. The molecule has 2 nitrogen and oxygen atoms in total. The van der Waals surface area contributed by atoms with Gasteiger partial charge in [0.15, 0.2) is 0 Å². The van der Waals surface area contributed by atoms with Crippen molar-refractivity contribution < 1.29 is 8.76 Å². The summed E-state index contributed by atoms with van der Waals surface area (Å²) in [5.74, 6) is 0. The minimum absolute atomic E-state index is 0.162. The van der Waals surface area contributed by atoms with Gasteiger partial charge in [-0.3, -0.25) is 4.21 Å². The summed E-state index contributed by atoms with van der Waals surface area (Å²) in [6.07, 6.45) is 11.0. The second-order valence-electron chi connectivity index (χ2n) is 4.33. The Morgan fingerprint density at radius 2 is 1.47 bits per heavy atom. The Morgan fingerprint density at radius 3 is 1.93 bits per heavy atom. The van der Waals surface area contributed by atoms with Crippen LogP contribution in [0.4, 0.5) is 0 Å². The number of hydrogen-bond acceptors (Lipinski definition) is 2. The van der Waals surface area contributed by atoms with Crippen LogP contribution in [0.1, 0.15) is 71.6 Å². The minimum atomic E-state index is -1.87. The molecular formula is C12H25O2S-. The zero-order valence-electron chi connectivity index (χ0n) is 10.2. The summed E-state index contributed by atoms with van der Waals surface area (Å²) in [6.45, 7) is 4.01. The van der Waals surface area contributed by atoms with Gasteiger partial charge in [-0.1, -0.05) is 76.3 Å². The van der Waals surface area contributed by atoms with Crippen LogP contribution in [0.2, 0.25) is 0 Å². The van der Waals surface area contributed by atoms with Crippen LogP contribution < -0.4 is 0 Å². The number of unbranched alkanes of at least 4 members (excludes halogenated alkanes) is 7. The maximum atomic E-state index is 10.5. The molecule has 0 saturated carbocycles. The predicted molar refractivity (Wildman–Crippen MR) is 65.6 cm³/mol. The quantitative estimate of drug-likeness (QED) is 0.425. The van der Waals surface area contributed by atoms with Gasteiger partial charge in [-0.05, 0) is 6.42 Å². The zero-order valence-corrected chi connectivity index (χ0v) is 11.0. The van der Waals surface area contributed by atoms with Crippen LogP contribution in [-0.4, -0.2) is 14.0 Å². The summed E-state index contributed by atoms with van der Waals surface area (Å²) in [7, 11) is 0. The fourth-order valence-electron chi connectivity index (χ4n) is 1.66. The van der Waals surface area contributed by atoms with E-state index in [0.29, 0.717) is 0 Å². The zero-order chi connectivity index (χ0) is 11.5. The molecule has 0 aromatic heterocycles. The Morgan fingerprint density at radius 1 is 1.00 bits per heavy atom. The van der Waals surface area contributed by atoms with E-state index < -0.39 is 11.1 Å². The molecule has 0 aromatic carbocycles. The van der Waals surface area contributed by atoms with Crippen LogP contribution in [0.3, 0.4) is 0 Å². The summed E-state index contributed by atoms with van der Waals surface area (Å²) >= 11 is -1.87. The van der Waals surface area contributed by atoms with Crippen LogP contribution in [0, 0.1) is 0 Å². The largest absolute Gasteiger partial charge is 0.772 e. The highest BCUT2D eigenvalue weighted by molar-refractivity contribution is 7.79. The maximum absolute atomic E-state index is 10.5. The van der Waals surface area contributed by atoms with Crippen LogP contribution in [0.25, 0.3) is 0 Å². The second-order valence-corrected chi connectivity index (χ2v) is 5.66. The van der Waals surface area contributed by atoms with Crippen molar-refractivity contribution in [2.45, 2.75) is 76.9 Å². The first-order valence-electron chi connectivity index (χ1n) is 6.26. The smallest absolute Gasteiger partial charge is 0.0187 e. The number of hydrogen-bond donors (Lipinski definition) is 0. The van der Waals surface area contributed by atoms with Gasteiger partial charge in [-0.25, -0.2) is 0 Å². The van der Waals surface area contributed by atoms with E-state index in [9.17, 15) is 8.76 Å². The first kappa shape index (κ1) is 15.1. The Bertz CT molecular complexity index is 160. The van der Waals surface area contributed by atoms with Gasteiger partial charge in [-0.2, -0.15) is 0 Å². The summed E-state index contributed by atoms with van der Waals surface area (Å²) in [6, 6.07) is 0. The van der Waals surface area contributed by atoms with Crippen LogP contribution in [-0.2, 0) is 11.1 Å². The van der Waals surface area contributed by atoms with E-state index in [1.807, 2.05) is 0 Å². The molecule has 0 spiro atoms. The molecule has 2 atom stereocenters. The van der Waals surface area contributed by atoms with Crippen molar-refractivity contribution >= 4 is 11.1 Å². The van der Waals surface area contributed by atoms with Gasteiger partial charge < -0.3 is 4.55 Å². The molecule has 0 aliphatic carbocycles. The first-order valence-corrected chi connectivity index (χ1v) is 7.40. The lowest BCUT2D eigenvalue weighted by Crippen LogP contribution is -2.09. The Hall–Kier alpha value is 0.110. The maximum Gasteiger partial charge on any atom is 0.0187 e. The molecule has 0 bridgehead atoms. The predicted octanol–water partition coefficient (Wildman–Crippen LogP) is 3.78. The average molecular weight is 233 g/mol. The van der Waals surface area contributed by atoms with Crippen LogP contribution in [0.5, 0.6) is 0 Å². The van der Waals surface area contributed by atoms with Gasteiger partial charge in [-0.15, -0.1) is 0 Å². The third kappa shape index (κ3) is 10.4. The highest BCUT2D eigenvalue weighted by Gasteiger charge is 2.00. The highest BCUT2D eigenvalue weighted by atomic mass is 32.2. The summed E-state index contributed by atoms with van der Waals surface area (Å²) < 4.78 is 21.1. The molecule has 15 heavy (non-hydrogen) atoms. The molecule has 0 aromatic rings. The summed E-state index contributed by atoms with van der Waals surface area (Å²) in [5.41, 5.74) is 0. The molecule has 0 heterocycles. The molecule has 0 radical (unpaired) electrons. The van der Waals surface area contributed by atoms with Gasteiger partial charge in [0.05, 0.1) is 0 Å². The molecular weight excluding hydrogens is 208 g/mol. The monoisotopic (exact) mass is 233 g/mol. The molecule has 92 valence electrons. The van der Waals surface area contributed by atoms with Crippen molar-refractivity contribution in [1.29, 1.82) is 0 Å². The molecule has 3 heteroatoms. The lowest BCUT2D eigenvalue weighted by molar-refractivity contribution is 0.510. The van der Waals surface area contributed by atoms with Gasteiger partial charge in [0.1, 0.15) is 0 Å². The Kier molecular flexibility index (Phi) is 10.7. The first-order chi connectivity index (χ1) is 7.18. The van der Waals surface area contributed by atoms with Gasteiger partial charge >= 0.3 is 0 Å². The second kappa shape index (κ2) is 10.6. The average Bonchev–Trinajstić information content (AvgIpc) is 2.21.